The first-order valence-electron chi connectivity index (χ1n) is 8.47. The van der Waals surface area contributed by atoms with E-state index in [2.05, 4.69) is 46.4 Å². The van der Waals surface area contributed by atoms with Crippen LogP contribution in [0.3, 0.4) is 0 Å². The van der Waals surface area contributed by atoms with E-state index in [1.807, 2.05) is 37.2 Å². The maximum atomic E-state index is 4.91. The van der Waals surface area contributed by atoms with Crippen molar-refractivity contribution in [1.82, 2.24) is 14.9 Å². The van der Waals surface area contributed by atoms with Crippen LogP contribution in [0.5, 0.6) is 0 Å². The number of nitrogens with zero attached hydrogens (tertiary/aromatic N) is 4. The van der Waals surface area contributed by atoms with Crippen molar-refractivity contribution in [2.45, 2.75) is 12.8 Å². The summed E-state index contributed by atoms with van der Waals surface area (Å²) < 4.78 is 0. The smallest absolute Gasteiger partial charge is 0.161 e. The second-order valence-electron chi connectivity index (χ2n) is 6.38. The predicted octanol–water partition coefficient (Wildman–Crippen LogP) is 3.88. The van der Waals surface area contributed by atoms with Crippen molar-refractivity contribution in [1.29, 1.82) is 0 Å². The molecule has 0 unspecified atom stereocenters. The van der Waals surface area contributed by atoms with Gasteiger partial charge in [-0.2, -0.15) is 0 Å². The molecule has 25 heavy (non-hydrogen) atoms. The molecule has 1 heterocycles. The van der Waals surface area contributed by atoms with Crippen LogP contribution in [0.1, 0.15) is 16.7 Å². The Hall–Kier alpha value is -3.01. The van der Waals surface area contributed by atoms with Gasteiger partial charge in [0.2, 0.25) is 0 Å². The van der Waals surface area contributed by atoms with Gasteiger partial charge in [-0.15, -0.1) is 0 Å². The topological polar surface area (TPSA) is 41.4 Å². The van der Waals surface area contributed by atoms with Gasteiger partial charge in [0.25, 0.3) is 0 Å². The number of amidine groups is 1. The molecule has 0 N–H and O–H groups in total. The van der Waals surface area contributed by atoms with Gasteiger partial charge in [0.05, 0.1) is 5.69 Å². The van der Waals surface area contributed by atoms with E-state index in [1.54, 1.807) is 6.33 Å². The largest absolute Gasteiger partial charge is 0.362 e. The first kappa shape index (κ1) is 15.5. The Morgan fingerprint density at radius 2 is 1.68 bits per heavy atom. The normalized spacial score (nSPS) is 13.1. The molecular weight excluding hydrogens is 308 g/mol. The summed E-state index contributed by atoms with van der Waals surface area (Å²) in [6.45, 7) is 0. The van der Waals surface area contributed by atoms with E-state index in [0.29, 0.717) is 0 Å². The highest BCUT2D eigenvalue weighted by Crippen LogP contribution is 2.35. The second-order valence-corrected chi connectivity index (χ2v) is 6.38. The molecule has 0 spiro atoms. The molecule has 2 aromatic carbocycles. The van der Waals surface area contributed by atoms with Gasteiger partial charge < -0.3 is 4.90 Å². The number of aliphatic imine (C=N–C) groups is 1. The number of hydrogen-bond donors (Lipinski definition) is 0. The summed E-state index contributed by atoms with van der Waals surface area (Å²) in [4.78, 5) is 16.0. The lowest BCUT2D eigenvalue weighted by atomic mass is 9.89. The summed E-state index contributed by atoms with van der Waals surface area (Å²) in [7, 11) is 4.02. The fourth-order valence-electron chi connectivity index (χ4n) is 3.30. The highest BCUT2D eigenvalue weighted by molar-refractivity contribution is 6.00. The van der Waals surface area contributed by atoms with Gasteiger partial charge in [0.1, 0.15) is 12.2 Å². The Balaban J connectivity index is 1.85. The maximum absolute atomic E-state index is 4.91. The molecule has 0 radical (unpaired) electrons. The van der Waals surface area contributed by atoms with Crippen LogP contribution in [-0.4, -0.2) is 34.8 Å². The minimum atomic E-state index is 0.770. The van der Waals surface area contributed by atoms with Crippen molar-refractivity contribution in [3.63, 3.8) is 0 Å². The molecule has 0 saturated heterocycles. The van der Waals surface area contributed by atoms with Crippen LogP contribution >= 0.6 is 0 Å². The SMILES string of the molecule is CN(C)C(=Nc1ncnc2c1CCc1ccccc1-2)c1ccccc1. The van der Waals surface area contributed by atoms with Gasteiger partial charge in [0, 0.05) is 30.8 Å². The van der Waals surface area contributed by atoms with Gasteiger partial charge in [-0.05, 0) is 18.4 Å². The van der Waals surface area contributed by atoms with Crippen LogP contribution in [0, 0.1) is 0 Å². The number of hydrogen-bond acceptors (Lipinski definition) is 3. The molecule has 0 saturated carbocycles. The standard InChI is InChI=1S/C21H20N4/c1-25(2)21(16-9-4-3-5-10-16)24-20-18-13-12-15-8-6-7-11-17(15)19(18)22-14-23-20/h3-11,14H,12-13H2,1-2H3. The fraction of sp³-hybridized carbons (Fsp3) is 0.190. The van der Waals surface area contributed by atoms with E-state index >= 15 is 0 Å². The number of rotatable bonds is 2. The lowest BCUT2D eigenvalue weighted by molar-refractivity contribution is 0.623. The molecular formula is C21H20N4. The van der Waals surface area contributed by atoms with Crippen LogP contribution in [-0.2, 0) is 12.8 Å². The lowest BCUT2D eigenvalue weighted by Crippen LogP contribution is -2.23. The number of fused-ring (bicyclic) bond motifs is 3. The maximum Gasteiger partial charge on any atom is 0.161 e. The summed E-state index contributed by atoms with van der Waals surface area (Å²) in [5.74, 6) is 1.67. The summed E-state index contributed by atoms with van der Waals surface area (Å²) in [6, 6.07) is 18.7. The van der Waals surface area contributed by atoms with Gasteiger partial charge in [-0.25, -0.2) is 15.0 Å². The molecule has 1 aliphatic rings. The third kappa shape index (κ3) is 2.91. The van der Waals surface area contributed by atoms with Gasteiger partial charge in [0.15, 0.2) is 5.82 Å². The molecule has 0 fully saturated rings. The van der Waals surface area contributed by atoms with Crippen LogP contribution in [0.15, 0.2) is 65.9 Å². The summed E-state index contributed by atoms with van der Waals surface area (Å²) >= 11 is 0. The van der Waals surface area contributed by atoms with Crippen molar-refractivity contribution in [3.8, 4) is 11.3 Å². The van der Waals surface area contributed by atoms with E-state index in [0.717, 1.165) is 41.3 Å². The first-order valence-corrected chi connectivity index (χ1v) is 8.47. The molecule has 4 nitrogen and oxygen atoms in total. The van der Waals surface area contributed by atoms with Crippen molar-refractivity contribution < 1.29 is 0 Å². The highest BCUT2D eigenvalue weighted by Gasteiger charge is 2.21. The van der Waals surface area contributed by atoms with Gasteiger partial charge in [-0.1, -0.05) is 54.6 Å². The Bertz CT molecular complexity index is 930. The molecule has 0 amide bonds. The quantitative estimate of drug-likeness (QED) is 0.529. The average Bonchev–Trinajstić information content (AvgIpc) is 2.66. The number of benzene rings is 2. The average molecular weight is 328 g/mol. The van der Waals surface area contributed by atoms with Gasteiger partial charge in [-0.3, -0.25) is 0 Å². The zero-order valence-corrected chi connectivity index (χ0v) is 14.5. The molecule has 0 atom stereocenters. The third-order valence-electron chi connectivity index (χ3n) is 4.51. The monoisotopic (exact) mass is 328 g/mol. The second kappa shape index (κ2) is 6.48. The highest BCUT2D eigenvalue weighted by atomic mass is 15.2. The van der Waals surface area contributed by atoms with Gasteiger partial charge >= 0.3 is 0 Å². The zero-order chi connectivity index (χ0) is 17.2. The molecule has 0 aliphatic heterocycles. The zero-order valence-electron chi connectivity index (χ0n) is 14.5. The molecule has 0 bridgehead atoms. The van der Waals surface area contributed by atoms with Crippen LogP contribution in [0.25, 0.3) is 11.3 Å². The fourth-order valence-corrected chi connectivity index (χ4v) is 3.30. The van der Waals surface area contributed by atoms with E-state index < -0.39 is 0 Å². The Kier molecular flexibility index (Phi) is 4.02. The summed E-state index contributed by atoms with van der Waals surface area (Å²) in [5, 5.41) is 0. The van der Waals surface area contributed by atoms with Crippen molar-refractivity contribution in [2.24, 2.45) is 4.99 Å². The lowest BCUT2D eigenvalue weighted by Gasteiger charge is -2.21. The van der Waals surface area contributed by atoms with Crippen LogP contribution in [0.2, 0.25) is 0 Å². The van der Waals surface area contributed by atoms with E-state index in [-0.39, 0.29) is 0 Å². The van der Waals surface area contributed by atoms with E-state index in [1.165, 1.54) is 11.1 Å². The summed E-state index contributed by atoms with van der Waals surface area (Å²) in [5.41, 5.74) is 5.78. The van der Waals surface area contributed by atoms with Crippen molar-refractivity contribution >= 4 is 11.7 Å². The predicted molar refractivity (Wildman–Crippen MR) is 101 cm³/mol. The van der Waals surface area contributed by atoms with Crippen molar-refractivity contribution in [2.75, 3.05) is 14.1 Å². The molecule has 4 rings (SSSR count). The summed E-state index contributed by atoms with van der Waals surface area (Å²) in [6.07, 6.45) is 3.54. The van der Waals surface area contributed by atoms with Crippen LogP contribution < -0.4 is 0 Å². The minimum absolute atomic E-state index is 0.770. The third-order valence-corrected chi connectivity index (χ3v) is 4.51. The van der Waals surface area contributed by atoms with E-state index in [9.17, 15) is 0 Å². The first-order chi connectivity index (χ1) is 12.2. The Morgan fingerprint density at radius 3 is 2.48 bits per heavy atom. The van der Waals surface area contributed by atoms with Crippen molar-refractivity contribution in [3.05, 3.63) is 77.6 Å². The number of aryl methyl sites for hydroxylation is 1. The molecule has 3 aromatic rings. The minimum Gasteiger partial charge on any atom is -0.362 e. The number of aromatic nitrogens is 2. The molecule has 124 valence electrons. The van der Waals surface area contributed by atoms with Crippen LogP contribution in [0.4, 0.5) is 5.82 Å². The Labute approximate surface area is 147 Å². The Morgan fingerprint density at radius 1 is 0.920 bits per heavy atom. The molecule has 1 aliphatic carbocycles. The molecule has 1 aromatic heterocycles. The molecule has 4 heteroatoms. The van der Waals surface area contributed by atoms with E-state index in [4.69, 9.17) is 4.99 Å².